The molecule has 0 bridgehead atoms. The number of hydrogen-bond acceptors (Lipinski definition) is 3. The summed E-state index contributed by atoms with van der Waals surface area (Å²) < 4.78 is 5.99. The molecule has 0 spiro atoms. The predicted octanol–water partition coefficient (Wildman–Crippen LogP) is 1.61. The molecule has 0 atom stereocenters. The van der Waals surface area contributed by atoms with E-state index in [1.54, 1.807) is 11.9 Å². The van der Waals surface area contributed by atoms with Crippen LogP contribution in [0.3, 0.4) is 0 Å². The SMILES string of the molecule is CCN(C)C(=O)CNCc1ccc(Br)o1. The Morgan fingerprint density at radius 1 is 1.60 bits per heavy atom. The monoisotopic (exact) mass is 274 g/mol. The van der Waals surface area contributed by atoms with Crippen LogP contribution in [0, 0.1) is 0 Å². The van der Waals surface area contributed by atoms with Crippen molar-refractivity contribution in [2.24, 2.45) is 0 Å². The minimum atomic E-state index is 0.0862. The van der Waals surface area contributed by atoms with Crippen molar-refractivity contribution in [3.63, 3.8) is 0 Å². The van der Waals surface area contributed by atoms with Crippen LogP contribution in [0.25, 0.3) is 0 Å². The summed E-state index contributed by atoms with van der Waals surface area (Å²) >= 11 is 3.22. The molecule has 0 aliphatic rings. The molecule has 0 aromatic carbocycles. The molecule has 4 nitrogen and oxygen atoms in total. The molecule has 0 aliphatic carbocycles. The quantitative estimate of drug-likeness (QED) is 0.888. The summed E-state index contributed by atoms with van der Waals surface area (Å²) in [7, 11) is 1.79. The largest absolute Gasteiger partial charge is 0.453 e. The molecule has 0 saturated carbocycles. The number of carbonyl (C=O) groups excluding carboxylic acids is 1. The molecule has 1 aromatic rings. The molecule has 0 fully saturated rings. The van der Waals surface area contributed by atoms with Crippen LogP contribution in [0.2, 0.25) is 0 Å². The highest BCUT2D eigenvalue weighted by molar-refractivity contribution is 9.10. The maximum atomic E-state index is 11.4. The lowest BCUT2D eigenvalue weighted by Gasteiger charge is -2.14. The van der Waals surface area contributed by atoms with Gasteiger partial charge in [-0.1, -0.05) is 0 Å². The van der Waals surface area contributed by atoms with Gasteiger partial charge in [0, 0.05) is 13.6 Å². The molecular formula is C10H15BrN2O2. The highest BCUT2D eigenvalue weighted by Gasteiger charge is 2.06. The van der Waals surface area contributed by atoms with Crippen LogP contribution < -0.4 is 5.32 Å². The zero-order valence-electron chi connectivity index (χ0n) is 8.92. The van der Waals surface area contributed by atoms with Gasteiger partial charge in [0.1, 0.15) is 5.76 Å². The Labute approximate surface area is 97.8 Å². The minimum absolute atomic E-state index is 0.0862. The van der Waals surface area contributed by atoms with E-state index in [2.05, 4.69) is 21.2 Å². The number of nitrogens with one attached hydrogen (secondary N) is 1. The average molecular weight is 275 g/mol. The second-order valence-electron chi connectivity index (χ2n) is 3.22. The van der Waals surface area contributed by atoms with Gasteiger partial charge in [-0.05, 0) is 35.0 Å². The number of furan rings is 1. The van der Waals surface area contributed by atoms with E-state index in [1.165, 1.54) is 0 Å². The van der Waals surface area contributed by atoms with E-state index in [9.17, 15) is 4.79 Å². The summed E-state index contributed by atoms with van der Waals surface area (Å²) in [6.45, 7) is 3.58. The van der Waals surface area contributed by atoms with Crippen molar-refractivity contribution in [3.05, 3.63) is 22.6 Å². The zero-order chi connectivity index (χ0) is 11.3. The second kappa shape index (κ2) is 5.92. The molecule has 1 amide bonds. The average Bonchev–Trinajstić information content (AvgIpc) is 2.63. The summed E-state index contributed by atoms with van der Waals surface area (Å²) in [6.07, 6.45) is 0. The number of hydrogen-bond donors (Lipinski definition) is 1. The first kappa shape index (κ1) is 12.3. The maximum absolute atomic E-state index is 11.4. The smallest absolute Gasteiger partial charge is 0.236 e. The van der Waals surface area contributed by atoms with E-state index in [0.29, 0.717) is 17.8 Å². The highest BCUT2D eigenvalue weighted by Crippen LogP contribution is 2.13. The molecule has 0 radical (unpaired) electrons. The standard InChI is InChI=1S/C10H15BrN2O2/c1-3-13(2)10(14)7-12-6-8-4-5-9(11)15-8/h4-5,12H,3,6-7H2,1-2H3. The van der Waals surface area contributed by atoms with E-state index in [-0.39, 0.29) is 5.91 Å². The van der Waals surface area contributed by atoms with Gasteiger partial charge in [0.2, 0.25) is 5.91 Å². The maximum Gasteiger partial charge on any atom is 0.236 e. The molecule has 0 saturated heterocycles. The first-order chi connectivity index (χ1) is 7.13. The Balaban J connectivity index is 2.24. The molecule has 5 heteroatoms. The van der Waals surface area contributed by atoms with Crippen LogP contribution in [-0.2, 0) is 11.3 Å². The van der Waals surface area contributed by atoms with Gasteiger partial charge in [-0.25, -0.2) is 0 Å². The van der Waals surface area contributed by atoms with E-state index >= 15 is 0 Å². The number of halogens is 1. The molecule has 1 N–H and O–H groups in total. The zero-order valence-corrected chi connectivity index (χ0v) is 10.5. The molecular weight excluding hydrogens is 260 g/mol. The Bertz CT molecular complexity index is 325. The van der Waals surface area contributed by atoms with Crippen molar-refractivity contribution in [2.75, 3.05) is 20.1 Å². The fourth-order valence-electron chi connectivity index (χ4n) is 1.05. The molecule has 1 heterocycles. The van der Waals surface area contributed by atoms with Gasteiger partial charge in [0.25, 0.3) is 0 Å². The summed E-state index contributed by atoms with van der Waals surface area (Å²) in [5.74, 6) is 0.900. The van der Waals surface area contributed by atoms with Gasteiger partial charge in [0.15, 0.2) is 4.67 Å². The van der Waals surface area contributed by atoms with E-state index in [1.807, 2.05) is 19.1 Å². The first-order valence-corrected chi connectivity index (χ1v) is 5.61. The van der Waals surface area contributed by atoms with Crippen molar-refractivity contribution in [3.8, 4) is 0 Å². The van der Waals surface area contributed by atoms with Crippen molar-refractivity contribution in [1.82, 2.24) is 10.2 Å². The fourth-order valence-corrected chi connectivity index (χ4v) is 1.39. The molecule has 1 aromatic heterocycles. The third-order valence-electron chi connectivity index (χ3n) is 2.10. The highest BCUT2D eigenvalue weighted by atomic mass is 79.9. The van der Waals surface area contributed by atoms with E-state index < -0.39 is 0 Å². The van der Waals surface area contributed by atoms with Crippen LogP contribution in [-0.4, -0.2) is 30.9 Å². The second-order valence-corrected chi connectivity index (χ2v) is 4.00. The summed E-state index contributed by atoms with van der Waals surface area (Å²) in [6, 6.07) is 3.70. The van der Waals surface area contributed by atoms with Crippen LogP contribution in [0.5, 0.6) is 0 Å². The van der Waals surface area contributed by atoms with E-state index in [4.69, 9.17) is 4.42 Å². The fraction of sp³-hybridized carbons (Fsp3) is 0.500. The van der Waals surface area contributed by atoms with Crippen molar-refractivity contribution in [1.29, 1.82) is 0 Å². The Hall–Kier alpha value is -0.810. The molecule has 1 rings (SSSR count). The van der Waals surface area contributed by atoms with Gasteiger partial charge >= 0.3 is 0 Å². The van der Waals surface area contributed by atoms with Gasteiger partial charge in [-0.3, -0.25) is 4.79 Å². The number of carbonyl (C=O) groups is 1. The minimum Gasteiger partial charge on any atom is -0.453 e. The van der Waals surface area contributed by atoms with Gasteiger partial charge in [0.05, 0.1) is 13.1 Å². The molecule has 15 heavy (non-hydrogen) atoms. The lowest BCUT2D eigenvalue weighted by molar-refractivity contribution is -0.128. The van der Waals surface area contributed by atoms with Gasteiger partial charge in [-0.2, -0.15) is 0 Å². The van der Waals surface area contributed by atoms with Crippen LogP contribution in [0.15, 0.2) is 21.2 Å². The van der Waals surface area contributed by atoms with Crippen LogP contribution >= 0.6 is 15.9 Å². The third-order valence-corrected chi connectivity index (χ3v) is 2.53. The van der Waals surface area contributed by atoms with E-state index in [0.717, 1.165) is 12.3 Å². The lowest BCUT2D eigenvalue weighted by Crippen LogP contribution is -2.35. The summed E-state index contributed by atoms with van der Waals surface area (Å²) in [5.41, 5.74) is 0. The van der Waals surface area contributed by atoms with Crippen LogP contribution in [0.4, 0.5) is 0 Å². The Morgan fingerprint density at radius 3 is 2.87 bits per heavy atom. The Morgan fingerprint density at radius 2 is 2.33 bits per heavy atom. The normalized spacial score (nSPS) is 10.3. The number of rotatable bonds is 5. The topological polar surface area (TPSA) is 45.5 Å². The van der Waals surface area contributed by atoms with Gasteiger partial charge < -0.3 is 14.6 Å². The van der Waals surface area contributed by atoms with Crippen molar-refractivity contribution >= 4 is 21.8 Å². The summed E-state index contributed by atoms with van der Waals surface area (Å²) in [4.78, 5) is 13.1. The lowest BCUT2D eigenvalue weighted by atomic mass is 10.4. The van der Waals surface area contributed by atoms with Gasteiger partial charge in [-0.15, -0.1) is 0 Å². The number of likely N-dealkylation sites (N-methyl/N-ethyl adjacent to an activating group) is 1. The molecule has 84 valence electrons. The predicted molar refractivity (Wildman–Crippen MR) is 61.4 cm³/mol. The van der Waals surface area contributed by atoms with Crippen molar-refractivity contribution < 1.29 is 9.21 Å². The number of nitrogens with zero attached hydrogens (tertiary/aromatic N) is 1. The Kier molecular flexibility index (Phi) is 4.84. The summed E-state index contributed by atoms with van der Waals surface area (Å²) in [5, 5.41) is 3.02. The molecule has 0 aliphatic heterocycles. The molecule has 0 unspecified atom stereocenters. The van der Waals surface area contributed by atoms with Crippen molar-refractivity contribution in [2.45, 2.75) is 13.5 Å². The van der Waals surface area contributed by atoms with Crippen LogP contribution in [0.1, 0.15) is 12.7 Å². The number of amides is 1. The third kappa shape index (κ3) is 4.05. The first-order valence-electron chi connectivity index (χ1n) is 4.82.